The van der Waals surface area contributed by atoms with Gasteiger partial charge < -0.3 is 11.1 Å². The minimum absolute atomic E-state index is 0.0668. The highest BCUT2D eigenvalue weighted by molar-refractivity contribution is 7.21. The number of fused-ring (bicyclic) bond motifs is 1. The Morgan fingerprint density at radius 3 is 2.90 bits per heavy atom. The number of carbonyl (C=O) groups is 1. The molecule has 20 heavy (non-hydrogen) atoms. The Hall–Kier alpha value is -1.62. The topological polar surface area (TPSA) is 68.0 Å². The second kappa shape index (κ2) is 4.74. The number of aromatic nitrogens is 1. The summed E-state index contributed by atoms with van der Waals surface area (Å²) < 4.78 is 0. The lowest BCUT2D eigenvalue weighted by Crippen LogP contribution is -2.29. The van der Waals surface area contributed by atoms with E-state index < -0.39 is 0 Å². The number of anilines is 1. The zero-order chi connectivity index (χ0) is 14.3. The highest BCUT2D eigenvalue weighted by Gasteiger charge is 2.40. The van der Waals surface area contributed by atoms with E-state index in [4.69, 9.17) is 5.73 Å². The molecule has 1 aliphatic rings. The second-order valence-electron chi connectivity index (χ2n) is 5.69. The maximum absolute atomic E-state index is 12.3. The monoisotopic (exact) mass is 289 g/mol. The van der Waals surface area contributed by atoms with Gasteiger partial charge in [-0.2, -0.15) is 0 Å². The number of nitrogens with two attached hydrogens (primary N) is 1. The SMILES string of the molecule is CCC1(CNC(=O)c2sc3nc(C)ccc3c2N)CC1. The molecule has 1 amide bonds. The summed E-state index contributed by atoms with van der Waals surface area (Å²) >= 11 is 1.38. The molecule has 0 radical (unpaired) electrons. The molecule has 106 valence electrons. The first-order valence-corrected chi connectivity index (χ1v) is 7.80. The zero-order valence-corrected chi connectivity index (χ0v) is 12.6. The number of carbonyl (C=O) groups excluding carboxylic acids is 1. The van der Waals surface area contributed by atoms with Crippen molar-refractivity contribution >= 4 is 33.1 Å². The van der Waals surface area contributed by atoms with Crippen LogP contribution in [0.2, 0.25) is 0 Å². The Labute approximate surface area is 122 Å². The molecule has 0 bridgehead atoms. The number of nitrogens with zero attached hydrogens (tertiary/aromatic N) is 1. The third kappa shape index (κ3) is 2.26. The lowest BCUT2D eigenvalue weighted by atomic mass is 10.0. The number of rotatable bonds is 4. The van der Waals surface area contributed by atoms with Crippen molar-refractivity contribution in [1.29, 1.82) is 0 Å². The second-order valence-corrected chi connectivity index (χ2v) is 6.69. The van der Waals surface area contributed by atoms with Crippen LogP contribution in [0, 0.1) is 12.3 Å². The summed E-state index contributed by atoms with van der Waals surface area (Å²) in [6.45, 7) is 4.87. The van der Waals surface area contributed by atoms with Gasteiger partial charge >= 0.3 is 0 Å². The molecule has 0 spiro atoms. The van der Waals surface area contributed by atoms with Crippen LogP contribution in [0.1, 0.15) is 41.6 Å². The van der Waals surface area contributed by atoms with Crippen molar-refractivity contribution in [3.63, 3.8) is 0 Å². The fraction of sp³-hybridized carbons (Fsp3) is 0.467. The maximum Gasteiger partial charge on any atom is 0.263 e. The summed E-state index contributed by atoms with van der Waals surface area (Å²) in [5.74, 6) is -0.0668. The predicted molar refractivity (Wildman–Crippen MR) is 83.1 cm³/mol. The average molecular weight is 289 g/mol. The molecular formula is C15H19N3OS. The van der Waals surface area contributed by atoms with E-state index in [1.54, 1.807) is 0 Å². The van der Waals surface area contributed by atoms with Crippen LogP contribution in [0.15, 0.2) is 12.1 Å². The lowest BCUT2D eigenvalue weighted by Gasteiger charge is -2.12. The summed E-state index contributed by atoms with van der Waals surface area (Å²) in [5, 5.41) is 3.91. The Balaban J connectivity index is 1.82. The van der Waals surface area contributed by atoms with E-state index in [0.717, 1.165) is 28.9 Å². The van der Waals surface area contributed by atoms with Crippen molar-refractivity contribution in [1.82, 2.24) is 10.3 Å². The molecule has 4 nitrogen and oxygen atoms in total. The van der Waals surface area contributed by atoms with Gasteiger partial charge in [-0.25, -0.2) is 4.98 Å². The molecule has 0 aromatic carbocycles. The fourth-order valence-electron chi connectivity index (χ4n) is 2.44. The Kier molecular flexibility index (Phi) is 3.17. The van der Waals surface area contributed by atoms with Gasteiger partial charge in [0.25, 0.3) is 5.91 Å². The molecule has 0 aliphatic heterocycles. The maximum atomic E-state index is 12.3. The number of aryl methyl sites for hydroxylation is 1. The molecule has 1 saturated carbocycles. The van der Waals surface area contributed by atoms with E-state index in [1.807, 2.05) is 19.1 Å². The smallest absolute Gasteiger partial charge is 0.263 e. The van der Waals surface area contributed by atoms with Gasteiger partial charge in [-0.1, -0.05) is 6.92 Å². The normalized spacial score (nSPS) is 16.3. The van der Waals surface area contributed by atoms with Crippen molar-refractivity contribution < 1.29 is 4.79 Å². The first kappa shape index (κ1) is 13.4. The Morgan fingerprint density at radius 1 is 1.50 bits per heavy atom. The van der Waals surface area contributed by atoms with Crippen LogP contribution in [0.5, 0.6) is 0 Å². The highest BCUT2D eigenvalue weighted by Crippen LogP contribution is 2.48. The first-order valence-electron chi connectivity index (χ1n) is 6.98. The fourth-order valence-corrected chi connectivity index (χ4v) is 3.49. The molecule has 0 atom stereocenters. The summed E-state index contributed by atoms with van der Waals surface area (Å²) in [7, 11) is 0. The predicted octanol–water partition coefficient (Wildman–Crippen LogP) is 3.11. The molecule has 5 heteroatoms. The molecule has 2 aromatic heterocycles. The highest BCUT2D eigenvalue weighted by atomic mass is 32.1. The lowest BCUT2D eigenvalue weighted by molar-refractivity contribution is 0.0949. The number of hydrogen-bond acceptors (Lipinski definition) is 4. The van der Waals surface area contributed by atoms with E-state index in [2.05, 4.69) is 17.2 Å². The molecule has 2 heterocycles. The van der Waals surface area contributed by atoms with Crippen molar-refractivity contribution in [2.24, 2.45) is 5.41 Å². The number of thiophene rings is 1. The third-order valence-electron chi connectivity index (χ3n) is 4.27. The van der Waals surface area contributed by atoms with E-state index in [9.17, 15) is 4.79 Å². The number of nitrogen functional groups attached to an aromatic ring is 1. The van der Waals surface area contributed by atoms with Gasteiger partial charge in [0.1, 0.15) is 9.71 Å². The summed E-state index contributed by atoms with van der Waals surface area (Å²) in [6.07, 6.45) is 3.55. The molecule has 1 fully saturated rings. The zero-order valence-electron chi connectivity index (χ0n) is 11.8. The summed E-state index contributed by atoms with van der Waals surface area (Å²) in [6, 6.07) is 3.86. The van der Waals surface area contributed by atoms with E-state index in [1.165, 1.54) is 24.2 Å². The number of pyridine rings is 1. The van der Waals surface area contributed by atoms with Gasteiger partial charge in [-0.05, 0) is 43.7 Å². The molecule has 1 aliphatic carbocycles. The molecule has 0 unspecified atom stereocenters. The van der Waals surface area contributed by atoms with E-state index in [-0.39, 0.29) is 5.91 Å². The van der Waals surface area contributed by atoms with E-state index >= 15 is 0 Å². The van der Waals surface area contributed by atoms with Gasteiger partial charge in [-0.15, -0.1) is 11.3 Å². The van der Waals surface area contributed by atoms with Crippen molar-refractivity contribution in [3.8, 4) is 0 Å². The first-order chi connectivity index (χ1) is 9.54. The number of nitrogens with one attached hydrogen (secondary N) is 1. The molecular weight excluding hydrogens is 270 g/mol. The van der Waals surface area contributed by atoms with Crippen molar-refractivity contribution in [2.45, 2.75) is 33.1 Å². The van der Waals surface area contributed by atoms with Gasteiger partial charge in [-0.3, -0.25) is 4.79 Å². The summed E-state index contributed by atoms with van der Waals surface area (Å²) in [4.78, 5) is 18.2. The number of hydrogen-bond donors (Lipinski definition) is 2. The van der Waals surface area contributed by atoms with Crippen LogP contribution in [0.4, 0.5) is 5.69 Å². The number of amides is 1. The standard InChI is InChI=1S/C15H19N3OS/c1-3-15(6-7-15)8-17-13(19)12-11(16)10-5-4-9(2)18-14(10)20-12/h4-5H,3,6-8,16H2,1-2H3,(H,17,19). The molecule has 3 rings (SSSR count). The average Bonchev–Trinajstić information content (AvgIpc) is 3.15. The van der Waals surface area contributed by atoms with E-state index in [0.29, 0.717) is 16.0 Å². The van der Waals surface area contributed by atoms with Crippen LogP contribution >= 0.6 is 11.3 Å². The molecule has 3 N–H and O–H groups in total. The summed E-state index contributed by atoms with van der Waals surface area (Å²) in [5.41, 5.74) is 7.92. The van der Waals surface area contributed by atoms with Crippen LogP contribution in [-0.2, 0) is 0 Å². The minimum Gasteiger partial charge on any atom is -0.397 e. The Bertz CT molecular complexity index is 673. The van der Waals surface area contributed by atoms with Crippen molar-refractivity contribution in [2.75, 3.05) is 12.3 Å². The van der Waals surface area contributed by atoms with Crippen molar-refractivity contribution in [3.05, 3.63) is 22.7 Å². The largest absolute Gasteiger partial charge is 0.397 e. The van der Waals surface area contributed by atoms with Crippen LogP contribution < -0.4 is 11.1 Å². The van der Waals surface area contributed by atoms with Gasteiger partial charge in [0, 0.05) is 17.6 Å². The van der Waals surface area contributed by atoms with Crippen LogP contribution in [0.25, 0.3) is 10.2 Å². The molecule has 0 saturated heterocycles. The minimum atomic E-state index is -0.0668. The quantitative estimate of drug-likeness (QED) is 0.908. The van der Waals surface area contributed by atoms with Gasteiger partial charge in [0.15, 0.2) is 0 Å². The Morgan fingerprint density at radius 2 is 2.25 bits per heavy atom. The molecule has 2 aromatic rings. The van der Waals surface area contributed by atoms with Crippen LogP contribution in [-0.4, -0.2) is 17.4 Å². The van der Waals surface area contributed by atoms with Gasteiger partial charge in [0.2, 0.25) is 0 Å². The third-order valence-corrected chi connectivity index (χ3v) is 5.38. The van der Waals surface area contributed by atoms with Gasteiger partial charge in [0.05, 0.1) is 5.69 Å². The van der Waals surface area contributed by atoms with Crippen LogP contribution in [0.3, 0.4) is 0 Å².